The number of hydrogen-bond acceptors (Lipinski definition) is 5. The van der Waals surface area contributed by atoms with Crippen molar-refractivity contribution in [3.05, 3.63) is 16.7 Å². The molecule has 0 radical (unpaired) electrons. The number of nitrogens with one attached hydrogen (secondary N) is 1. The van der Waals surface area contributed by atoms with Crippen LogP contribution in [0.2, 0.25) is 0 Å². The minimum atomic E-state index is -0.885. The zero-order chi connectivity index (χ0) is 17.5. The molecule has 8 heteroatoms. The second-order valence-corrected chi connectivity index (χ2v) is 7.97. The average Bonchev–Trinajstić information content (AvgIpc) is 2.87. The van der Waals surface area contributed by atoms with Crippen LogP contribution in [0, 0.1) is 5.41 Å². The molecule has 2 atom stereocenters. The van der Waals surface area contributed by atoms with Crippen molar-refractivity contribution in [3.8, 4) is 0 Å². The zero-order valence-electron chi connectivity index (χ0n) is 13.9. The smallest absolute Gasteiger partial charge is 0.407 e. The maximum absolute atomic E-state index is 11.6. The van der Waals surface area contributed by atoms with E-state index >= 15 is 0 Å². The Hall–Kier alpha value is -1.83. The summed E-state index contributed by atoms with van der Waals surface area (Å²) in [6.07, 6.45) is 0.784. The molecule has 1 fully saturated rings. The first-order chi connectivity index (χ1) is 11.3. The molecule has 1 unspecified atom stereocenters. The molecule has 1 aliphatic rings. The van der Waals surface area contributed by atoms with Gasteiger partial charge in [-0.2, -0.15) is 4.98 Å². The molecule has 2 N–H and O–H groups in total. The molecule has 7 nitrogen and oxygen atoms in total. The van der Waals surface area contributed by atoms with Crippen LogP contribution in [0.3, 0.4) is 0 Å². The number of likely N-dealkylation sites (tertiary alicyclic amines) is 1. The van der Waals surface area contributed by atoms with Crippen LogP contribution in [-0.2, 0) is 0 Å². The number of nitrogens with zero attached hydrogens (tertiary/aromatic N) is 3. The summed E-state index contributed by atoms with van der Waals surface area (Å²) >= 11 is 3.31. The topological polar surface area (TPSA) is 91.5 Å². The summed E-state index contributed by atoms with van der Waals surface area (Å²) in [6.45, 7) is 6.71. The van der Waals surface area contributed by atoms with E-state index in [1.807, 2.05) is 0 Å². The Labute approximate surface area is 148 Å². The number of carboxylic acid groups (broad SMARTS) is 1. The fourth-order valence-corrected chi connectivity index (χ4v) is 3.75. The third-order valence-corrected chi connectivity index (χ3v) is 4.73. The third kappa shape index (κ3) is 3.33. The van der Waals surface area contributed by atoms with Crippen LogP contribution in [0.25, 0.3) is 11.2 Å². The largest absolute Gasteiger partial charge is 0.465 e. The van der Waals surface area contributed by atoms with Gasteiger partial charge < -0.3 is 19.7 Å². The molecule has 1 aliphatic heterocycles. The van der Waals surface area contributed by atoms with Crippen molar-refractivity contribution in [3.63, 3.8) is 0 Å². The predicted octanol–water partition coefficient (Wildman–Crippen LogP) is 3.95. The highest BCUT2D eigenvalue weighted by Gasteiger charge is 2.42. The Kier molecular flexibility index (Phi) is 4.42. The first-order valence-electron chi connectivity index (χ1n) is 7.95. The highest BCUT2D eigenvalue weighted by Crippen LogP contribution is 2.34. The Morgan fingerprint density at radius 3 is 2.83 bits per heavy atom. The molecule has 3 rings (SSSR count). The lowest BCUT2D eigenvalue weighted by molar-refractivity contribution is 0.0514. The lowest BCUT2D eigenvalue weighted by Crippen LogP contribution is -2.58. The van der Waals surface area contributed by atoms with Crippen molar-refractivity contribution in [2.24, 2.45) is 5.41 Å². The Bertz CT molecular complexity index is 755. The van der Waals surface area contributed by atoms with Gasteiger partial charge in [-0.1, -0.05) is 20.8 Å². The highest BCUT2D eigenvalue weighted by molar-refractivity contribution is 9.10. The average molecular weight is 397 g/mol. The van der Waals surface area contributed by atoms with Gasteiger partial charge in [0, 0.05) is 6.54 Å². The lowest BCUT2D eigenvalue weighted by Gasteiger charge is -2.46. The molecular formula is C16H21BrN4O3. The molecule has 130 valence electrons. The fraction of sp³-hybridized carbons (Fsp3) is 0.562. The van der Waals surface area contributed by atoms with E-state index in [0.29, 0.717) is 28.4 Å². The van der Waals surface area contributed by atoms with E-state index in [2.05, 4.69) is 52.0 Å². The van der Waals surface area contributed by atoms with Gasteiger partial charge in [-0.25, -0.2) is 9.78 Å². The number of anilines is 1. The lowest BCUT2D eigenvalue weighted by atomic mass is 9.78. The molecule has 1 saturated heterocycles. The van der Waals surface area contributed by atoms with Crippen LogP contribution in [-0.4, -0.2) is 44.7 Å². The van der Waals surface area contributed by atoms with Crippen LogP contribution in [0.4, 0.5) is 10.8 Å². The van der Waals surface area contributed by atoms with E-state index in [0.717, 1.165) is 12.8 Å². The molecule has 0 aliphatic carbocycles. The number of fused-ring (bicyclic) bond motifs is 1. The van der Waals surface area contributed by atoms with Crippen LogP contribution >= 0.6 is 15.9 Å². The first kappa shape index (κ1) is 17.0. The van der Waals surface area contributed by atoms with Crippen molar-refractivity contribution in [1.29, 1.82) is 0 Å². The summed E-state index contributed by atoms with van der Waals surface area (Å²) < 4.78 is 6.40. The highest BCUT2D eigenvalue weighted by atomic mass is 79.9. The standard InChI is InChI=1S/C16H21BrN4O3/c1-16(2,3)12-9(5-4-8-21(12)15(22)23)18-14-20-13-10(24-14)6-7-11(17)19-13/h6-7,9,12H,4-5,8H2,1-3H3,(H,22,23)(H,18,19,20)/t9-,12?/m1/s1. The summed E-state index contributed by atoms with van der Waals surface area (Å²) in [5.41, 5.74) is 0.910. The van der Waals surface area contributed by atoms with Gasteiger partial charge in [0.2, 0.25) is 5.65 Å². The first-order valence-corrected chi connectivity index (χ1v) is 8.74. The second-order valence-electron chi connectivity index (χ2n) is 7.15. The number of halogens is 1. The van der Waals surface area contributed by atoms with E-state index in [9.17, 15) is 9.90 Å². The van der Waals surface area contributed by atoms with Gasteiger partial charge in [0.25, 0.3) is 6.01 Å². The van der Waals surface area contributed by atoms with Crippen molar-refractivity contribution in [2.75, 3.05) is 11.9 Å². The van der Waals surface area contributed by atoms with Gasteiger partial charge in [-0.05, 0) is 46.3 Å². The number of rotatable bonds is 2. The van der Waals surface area contributed by atoms with E-state index in [1.165, 1.54) is 4.90 Å². The number of piperidine rings is 1. The van der Waals surface area contributed by atoms with Crippen molar-refractivity contribution in [2.45, 2.75) is 45.7 Å². The number of hydrogen-bond donors (Lipinski definition) is 2. The Morgan fingerprint density at radius 1 is 1.42 bits per heavy atom. The minimum absolute atomic E-state index is 0.0636. The van der Waals surface area contributed by atoms with E-state index in [-0.39, 0.29) is 17.5 Å². The molecule has 1 amide bonds. The summed E-state index contributed by atoms with van der Waals surface area (Å²) in [5.74, 6) is 0. The Balaban J connectivity index is 1.88. The minimum Gasteiger partial charge on any atom is -0.465 e. The van der Waals surface area contributed by atoms with E-state index in [1.54, 1.807) is 12.1 Å². The summed E-state index contributed by atoms with van der Waals surface area (Å²) in [7, 11) is 0. The van der Waals surface area contributed by atoms with Crippen LogP contribution < -0.4 is 5.32 Å². The van der Waals surface area contributed by atoms with E-state index < -0.39 is 6.09 Å². The third-order valence-electron chi connectivity index (χ3n) is 4.29. The van der Waals surface area contributed by atoms with Gasteiger partial charge in [-0.3, -0.25) is 0 Å². The zero-order valence-corrected chi connectivity index (χ0v) is 15.5. The van der Waals surface area contributed by atoms with Gasteiger partial charge in [0.1, 0.15) is 4.60 Å². The predicted molar refractivity (Wildman–Crippen MR) is 94.1 cm³/mol. The summed E-state index contributed by atoms with van der Waals surface area (Å²) in [6, 6.07) is 3.74. The second kappa shape index (κ2) is 6.23. The normalized spacial score (nSPS) is 21.9. The van der Waals surface area contributed by atoms with E-state index in [4.69, 9.17) is 4.42 Å². The maximum Gasteiger partial charge on any atom is 0.407 e. The number of carbonyl (C=O) groups is 1. The van der Waals surface area contributed by atoms with Crippen molar-refractivity contribution >= 4 is 39.3 Å². The molecule has 3 heterocycles. The quantitative estimate of drug-likeness (QED) is 0.746. The number of oxazole rings is 1. The molecule has 0 bridgehead atoms. The van der Waals surface area contributed by atoms with Crippen molar-refractivity contribution < 1.29 is 14.3 Å². The van der Waals surface area contributed by atoms with Crippen LogP contribution in [0.1, 0.15) is 33.6 Å². The summed E-state index contributed by atoms with van der Waals surface area (Å²) in [5, 5.41) is 12.8. The summed E-state index contributed by atoms with van der Waals surface area (Å²) in [4.78, 5) is 21.8. The van der Waals surface area contributed by atoms with Gasteiger partial charge in [-0.15, -0.1) is 0 Å². The number of pyridine rings is 1. The SMILES string of the molecule is CC(C)(C)C1[C@H](Nc2nc3nc(Br)ccc3o2)CCCN1C(=O)O. The Morgan fingerprint density at radius 2 is 2.17 bits per heavy atom. The molecule has 0 spiro atoms. The molecule has 0 saturated carbocycles. The molecule has 0 aromatic carbocycles. The fourth-order valence-electron chi connectivity index (χ4n) is 3.45. The monoisotopic (exact) mass is 396 g/mol. The van der Waals surface area contributed by atoms with Crippen LogP contribution in [0.5, 0.6) is 0 Å². The number of aromatic nitrogens is 2. The molecule has 2 aromatic heterocycles. The van der Waals surface area contributed by atoms with Gasteiger partial charge >= 0.3 is 6.09 Å². The van der Waals surface area contributed by atoms with Crippen LogP contribution in [0.15, 0.2) is 21.2 Å². The van der Waals surface area contributed by atoms with Gasteiger partial charge in [0.05, 0.1) is 12.1 Å². The molecule has 24 heavy (non-hydrogen) atoms. The molecular weight excluding hydrogens is 376 g/mol. The number of amides is 1. The van der Waals surface area contributed by atoms with Crippen molar-refractivity contribution in [1.82, 2.24) is 14.9 Å². The molecule has 2 aromatic rings. The van der Waals surface area contributed by atoms with Gasteiger partial charge in [0.15, 0.2) is 5.58 Å². The maximum atomic E-state index is 11.6.